The molecule has 3 rings (SSSR count). The second-order valence-electron chi connectivity index (χ2n) is 8.92. The average molecular weight is 499 g/mol. The molecule has 3 aromatic rings. The number of anilines is 3. The van der Waals surface area contributed by atoms with Crippen molar-refractivity contribution in [1.29, 1.82) is 0 Å². The van der Waals surface area contributed by atoms with Gasteiger partial charge in [0, 0.05) is 32.4 Å². The van der Waals surface area contributed by atoms with Gasteiger partial charge in [-0.3, -0.25) is 15.2 Å². The Balaban J connectivity index is 1.76. The molecular weight excluding hydrogens is 462 g/mol. The Labute approximate surface area is 219 Å². The first-order valence-corrected chi connectivity index (χ1v) is 12.4. The molecule has 0 saturated heterocycles. The molecule has 0 aliphatic carbocycles. The molecule has 0 atom stereocenters. The molecular formula is C29H36N7O+. The van der Waals surface area contributed by atoms with Gasteiger partial charge in [-0.2, -0.15) is 5.10 Å². The maximum atomic E-state index is 13.2. The summed E-state index contributed by atoms with van der Waals surface area (Å²) in [6.07, 6.45) is 7.31. The quantitative estimate of drug-likeness (QED) is 0.171. The van der Waals surface area contributed by atoms with Crippen molar-refractivity contribution < 1.29 is 9.47 Å². The largest absolute Gasteiger partial charge is 0.378 e. The predicted octanol–water partition coefficient (Wildman–Crippen LogP) is 4.90. The second-order valence-corrected chi connectivity index (χ2v) is 8.92. The zero-order chi connectivity index (χ0) is 26.6. The van der Waals surface area contributed by atoms with E-state index in [1.54, 1.807) is 17.1 Å². The van der Waals surface area contributed by atoms with Crippen molar-refractivity contribution in [1.82, 2.24) is 0 Å². The lowest BCUT2D eigenvalue weighted by Gasteiger charge is -2.11. The van der Waals surface area contributed by atoms with Gasteiger partial charge in [-0.25, -0.2) is 0 Å². The van der Waals surface area contributed by atoms with E-state index in [0.717, 1.165) is 35.3 Å². The molecule has 0 saturated carbocycles. The summed E-state index contributed by atoms with van der Waals surface area (Å²) in [6.45, 7) is 6.58. The predicted molar refractivity (Wildman–Crippen MR) is 154 cm³/mol. The van der Waals surface area contributed by atoms with E-state index in [2.05, 4.69) is 32.9 Å². The SMILES string of the molecule is CCCCN=C(C)C(=NNc1ccc(C)cc1)C(=O)Nc1ccc[n+](/N=C\c2ccc(N(C)C)cc2)c1. The van der Waals surface area contributed by atoms with Gasteiger partial charge in [0.2, 0.25) is 12.4 Å². The van der Waals surface area contributed by atoms with Gasteiger partial charge in [0.25, 0.3) is 5.91 Å². The molecule has 37 heavy (non-hydrogen) atoms. The highest BCUT2D eigenvalue weighted by atomic mass is 16.2. The molecule has 0 unspecified atom stereocenters. The Kier molecular flexibility index (Phi) is 10.1. The van der Waals surface area contributed by atoms with Gasteiger partial charge in [-0.05, 0) is 61.3 Å². The number of hydrogen-bond acceptors (Lipinski definition) is 6. The molecule has 1 amide bonds. The number of benzene rings is 2. The third kappa shape index (κ3) is 8.68. The van der Waals surface area contributed by atoms with Crippen LogP contribution in [0, 0.1) is 6.92 Å². The number of aryl methyl sites for hydroxylation is 1. The van der Waals surface area contributed by atoms with Crippen LogP contribution in [0.2, 0.25) is 0 Å². The molecule has 0 aliphatic heterocycles. The lowest BCUT2D eigenvalue weighted by atomic mass is 10.2. The van der Waals surface area contributed by atoms with Crippen LogP contribution >= 0.6 is 0 Å². The summed E-state index contributed by atoms with van der Waals surface area (Å²) in [4.78, 5) is 19.8. The Bertz CT molecular complexity index is 1260. The number of rotatable bonds is 11. The van der Waals surface area contributed by atoms with Crippen molar-refractivity contribution in [3.8, 4) is 0 Å². The van der Waals surface area contributed by atoms with E-state index >= 15 is 0 Å². The minimum atomic E-state index is -0.349. The van der Waals surface area contributed by atoms with Crippen LogP contribution in [-0.2, 0) is 4.79 Å². The van der Waals surface area contributed by atoms with E-state index in [1.165, 1.54) is 0 Å². The highest BCUT2D eigenvalue weighted by Gasteiger charge is 2.17. The van der Waals surface area contributed by atoms with E-state index in [0.29, 0.717) is 17.9 Å². The van der Waals surface area contributed by atoms with Crippen molar-refractivity contribution in [2.45, 2.75) is 33.6 Å². The van der Waals surface area contributed by atoms with Crippen LogP contribution in [-0.4, -0.2) is 44.2 Å². The smallest absolute Gasteiger partial charge is 0.278 e. The lowest BCUT2D eigenvalue weighted by molar-refractivity contribution is -0.677. The number of carbonyl (C=O) groups is 1. The van der Waals surface area contributed by atoms with E-state index in [-0.39, 0.29) is 11.6 Å². The minimum Gasteiger partial charge on any atom is -0.378 e. The number of unbranched alkanes of at least 4 members (excludes halogenated alkanes) is 1. The van der Waals surface area contributed by atoms with Gasteiger partial charge in [0.1, 0.15) is 11.9 Å². The van der Waals surface area contributed by atoms with E-state index in [1.807, 2.05) is 99.7 Å². The van der Waals surface area contributed by atoms with E-state index < -0.39 is 0 Å². The van der Waals surface area contributed by atoms with Gasteiger partial charge in [-0.15, -0.1) is 0 Å². The van der Waals surface area contributed by atoms with Gasteiger partial charge in [0.05, 0.1) is 11.4 Å². The first-order valence-electron chi connectivity index (χ1n) is 12.4. The van der Waals surface area contributed by atoms with Crippen LogP contribution in [0.25, 0.3) is 0 Å². The van der Waals surface area contributed by atoms with Crippen LogP contribution in [0.5, 0.6) is 0 Å². The highest BCUT2D eigenvalue weighted by Crippen LogP contribution is 2.11. The normalized spacial score (nSPS) is 12.0. The fraction of sp³-hybridized carbons (Fsp3) is 0.276. The molecule has 0 fully saturated rings. The second kappa shape index (κ2) is 13.7. The number of pyridine rings is 1. The van der Waals surface area contributed by atoms with Gasteiger partial charge in [0.15, 0.2) is 5.71 Å². The topological polar surface area (TPSA) is 85.3 Å². The average Bonchev–Trinajstić information content (AvgIpc) is 2.89. The van der Waals surface area contributed by atoms with Gasteiger partial charge < -0.3 is 10.2 Å². The molecule has 0 spiro atoms. The molecule has 8 nitrogen and oxygen atoms in total. The molecule has 0 aliphatic rings. The van der Waals surface area contributed by atoms with Crippen molar-refractivity contribution in [2.24, 2.45) is 15.2 Å². The molecule has 1 aromatic heterocycles. The fourth-order valence-electron chi connectivity index (χ4n) is 3.32. The summed E-state index contributed by atoms with van der Waals surface area (Å²) in [5.74, 6) is -0.349. The summed E-state index contributed by atoms with van der Waals surface area (Å²) in [6, 6.07) is 19.5. The summed E-state index contributed by atoms with van der Waals surface area (Å²) in [5, 5.41) is 11.8. The Morgan fingerprint density at radius 3 is 2.43 bits per heavy atom. The Hall–Kier alpha value is -4.33. The number of amides is 1. The van der Waals surface area contributed by atoms with Crippen LogP contribution < -0.4 is 20.3 Å². The zero-order valence-corrected chi connectivity index (χ0v) is 22.3. The summed E-state index contributed by atoms with van der Waals surface area (Å²) < 4.78 is 1.65. The number of hydrogen-bond donors (Lipinski definition) is 2. The van der Waals surface area contributed by atoms with Crippen LogP contribution in [0.15, 0.2) is 88.3 Å². The van der Waals surface area contributed by atoms with Crippen molar-refractivity contribution in [3.05, 3.63) is 84.2 Å². The van der Waals surface area contributed by atoms with Gasteiger partial charge in [-0.1, -0.05) is 47.8 Å². The molecule has 192 valence electrons. The van der Waals surface area contributed by atoms with E-state index in [4.69, 9.17) is 0 Å². The summed E-state index contributed by atoms with van der Waals surface area (Å²) >= 11 is 0. The first-order chi connectivity index (χ1) is 17.9. The van der Waals surface area contributed by atoms with Crippen molar-refractivity contribution in [3.63, 3.8) is 0 Å². The number of hydrazone groups is 1. The molecule has 0 bridgehead atoms. The van der Waals surface area contributed by atoms with Crippen LogP contribution in [0.1, 0.15) is 37.8 Å². The van der Waals surface area contributed by atoms with Gasteiger partial charge >= 0.3 is 0 Å². The van der Waals surface area contributed by atoms with Crippen LogP contribution in [0.3, 0.4) is 0 Å². The number of carbonyl (C=O) groups excluding carboxylic acids is 1. The number of nitrogens with zero attached hydrogens (tertiary/aromatic N) is 5. The number of aliphatic imine (C=N–C) groups is 1. The third-order valence-corrected chi connectivity index (χ3v) is 5.56. The zero-order valence-electron chi connectivity index (χ0n) is 22.3. The summed E-state index contributed by atoms with van der Waals surface area (Å²) in [5.41, 5.74) is 8.43. The van der Waals surface area contributed by atoms with Crippen molar-refractivity contribution >= 4 is 40.6 Å². The van der Waals surface area contributed by atoms with Crippen LogP contribution in [0.4, 0.5) is 17.1 Å². The molecule has 2 N–H and O–H groups in total. The Morgan fingerprint density at radius 1 is 1.03 bits per heavy atom. The minimum absolute atomic E-state index is 0.233. The third-order valence-electron chi connectivity index (χ3n) is 5.56. The Morgan fingerprint density at radius 2 is 1.76 bits per heavy atom. The standard InChI is InChI=1S/C29H35N7O/c1-6-7-18-30-23(3)28(34-33-25-14-10-22(2)11-15-25)29(37)32-26-9-8-19-36(21-26)31-20-24-12-16-27(17-13-24)35(4)5/h8-17,19-21H,6-7,18H2,1-5H3,(H-,30,32,33,37)/p+1/b31-20-. The highest BCUT2D eigenvalue weighted by molar-refractivity contribution is 6.68. The number of nitrogens with one attached hydrogen (secondary N) is 2. The number of aromatic nitrogens is 1. The summed E-state index contributed by atoms with van der Waals surface area (Å²) in [7, 11) is 4.01. The lowest BCUT2D eigenvalue weighted by Crippen LogP contribution is -2.32. The maximum absolute atomic E-state index is 13.2. The molecule has 8 heteroatoms. The molecule has 2 aromatic carbocycles. The van der Waals surface area contributed by atoms with Crippen molar-refractivity contribution in [2.75, 3.05) is 36.3 Å². The monoisotopic (exact) mass is 498 g/mol. The first kappa shape index (κ1) is 27.3. The van der Waals surface area contributed by atoms with E-state index in [9.17, 15) is 4.79 Å². The molecule has 0 radical (unpaired) electrons. The molecule has 1 heterocycles. The fourth-order valence-corrected chi connectivity index (χ4v) is 3.32. The maximum Gasteiger partial charge on any atom is 0.278 e.